The first-order valence-corrected chi connectivity index (χ1v) is 16.0. The van der Waals surface area contributed by atoms with Gasteiger partial charge in [0, 0.05) is 25.7 Å². The zero-order valence-corrected chi connectivity index (χ0v) is 24.8. The second-order valence-corrected chi connectivity index (χ2v) is 12.8. The third kappa shape index (κ3) is 6.82. The molecule has 8 nitrogen and oxygen atoms in total. The molecule has 3 aliphatic heterocycles. The van der Waals surface area contributed by atoms with Crippen LogP contribution in [0.5, 0.6) is 11.5 Å². The monoisotopic (exact) mass is 573 g/mol. The first-order valence-electron chi connectivity index (χ1n) is 14.6. The molecule has 4 atom stereocenters. The maximum atomic E-state index is 12.5. The summed E-state index contributed by atoms with van der Waals surface area (Å²) >= 11 is 0. The van der Waals surface area contributed by atoms with Gasteiger partial charge in [-0.05, 0) is 93.2 Å². The smallest absolute Gasteiger partial charge is 0.296 e. The average Bonchev–Trinajstić information content (AvgIpc) is 2.97. The van der Waals surface area contributed by atoms with Crippen LogP contribution in [-0.4, -0.2) is 66.2 Å². The van der Waals surface area contributed by atoms with Crippen molar-refractivity contribution < 1.29 is 31.5 Å². The molecule has 9 heteroatoms. The van der Waals surface area contributed by atoms with Crippen LogP contribution in [0.3, 0.4) is 0 Å². The van der Waals surface area contributed by atoms with E-state index in [0.29, 0.717) is 12.3 Å². The van der Waals surface area contributed by atoms with Crippen LogP contribution in [-0.2, 0) is 30.2 Å². The fourth-order valence-corrected chi connectivity index (χ4v) is 7.26. The number of nitrogens with zero attached hydrogens (tertiary/aromatic N) is 1. The van der Waals surface area contributed by atoms with Crippen molar-refractivity contribution in [2.24, 2.45) is 5.92 Å². The van der Waals surface area contributed by atoms with E-state index in [4.69, 9.17) is 23.1 Å². The summed E-state index contributed by atoms with van der Waals surface area (Å²) in [6.45, 7) is 4.80. The summed E-state index contributed by atoms with van der Waals surface area (Å²) in [6.07, 6.45) is 7.44. The van der Waals surface area contributed by atoms with Crippen molar-refractivity contribution in [3.63, 3.8) is 0 Å². The standard InChI is InChI=1S/C31H43NO7S/c1-22-10-12-25(13-11-22)40(33,34)38-17-7-4-8-24-21-32-15-14-23-18-29(35-2)30(36-3)19-26(23)27(32)20-28(24)39-31-9-5-6-16-37-31/h10-13,18-19,24,27-28,31H,4-9,14-17,20-21H2,1-3H3/t24-,27-,28-,31?/m1/s1. The number of ether oxygens (including phenoxy) is 4. The number of aryl methyl sites for hydroxylation is 1. The first-order chi connectivity index (χ1) is 19.4. The highest BCUT2D eigenvalue weighted by molar-refractivity contribution is 7.86. The highest BCUT2D eigenvalue weighted by atomic mass is 32.2. The highest BCUT2D eigenvalue weighted by Crippen LogP contribution is 2.44. The van der Waals surface area contributed by atoms with Crippen molar-refractivity contribution in [2.75, 3.05) is 40.5 Å². The van der Waals surface area contributed by atoms with E-state index in [1.807, 2.05) is 6.92 Å². The van der Waals surface area contributed by atoms with Gasteiger partial charge in [-0.3, -0.25) is 9.08 Å². The molecule has 220 valence electrons. The molecule has 0 spiro atoms. The molecule has 0 radical (unpaired) electrons. The van der Waals surface area contributed by atoms with Gasteiger partial charge < -0.3 is 18.9 Å². The predicted octanol–water partition coefficient (Wildman–Crippen LogP) is 5.42. The molecule has 3 aliphatic rings. The van der Waals surface area contributed by atoms with Crippen LogP contribution < -0.4 is 9.47 Å². The Morgan fingerprint density at radius 2 is 1.80 bits per heavy atom. The van der Waals surface area contributed by atoms with Crippen molar-refractivity contribution in [3.8, 4) is 11.5 Å². The molecule has 1 unspecified atom stereocenters. The van der Waals surface area contributed by atoms with Crippen LogP contribution in [0.15, 0.2) is 41.3 Å². The normalized spacial score (nSPS) is 25.2. The van der Waals surface area contributed by atoms with Crippen molar-refractivity contribution in [1.29, 1.82) is 0 Å². The molecule has 40 heavy (non-hydrogen) atoms. The topological polar surface area (TPSA) is 83.5 Å². The number of methoxy groups -OCH3 is 2. The van der Waals surface area contributed by atoms with E-state index in [1.54, 1.807) is 38.5 Å². The molecular formula is C31H43NO7S. The number of benzene rings is 2. The lowest BCUT2D eigenvalue weighted by Gasteiger charge is -2.48. The van der Waals surface area contributed by atoms with Crippen molar-refractivity contribution in [3.05, 3.63) is 53.1 Å². The number of fused-ring (bicyclic) bond motifs is 3. The fourth-order valence-electron chi connectivity index (χ4n) is 6.31. The Hall–Kier alpha value is -2.17. The zero-order valence-electron chi connectivity index (χ0n) is 24.0. The van der Waals surface area contributed by atoms with Gasteiger partial charge in [0.1, 0.15) is 0 Å². The summed E-state index contributed by atoms with van der Waals surface area (Å²) in [5.41, 5.74) is 3.63. The third-order valence-electron chi connectivity index (χ3n) is 8.55. The maximum absolute atomic E-state index is 12.5. The minimum absolute atomic E-state index is 0.0700. The lowest BCUT2D eigenvalue weighted by molar-refractivity contribution is -0.212. The van der Waals surface area contributed by atoms with Gasteiger partial charge in [0.05, 0.1) is 31.8 Å². The van der Waals surface area contributed by atoms with E-state index in [-0.39, 0.29) is 29.9 Å². The molecule has 3 heterocycles. The molecule has 0 N–H and O–H groups in total. The molecule has 5 rings (SSSR count). The average molecular weight is 574 g/mol. The van der Waals surface area contributed by atoms with Gasteiger partial charge in [0.15, 0.2) is 17.8 Å². The Labute approximate surface area is 239 Å². The minimum atomic E-state index is -3.74. The van der Waals surface area contributed by atoms with Gasteiger partial charge in [-0.1, -0.05) is 24.1 Å². The number of hydrogen-bond donors (Lipinski definition) is 0. The van der Waals surface area contributed by atoms with E-state index in [9.17, 15) is 8.42 Å². The number of piperidine rings is 1. The van der Waals surface area contributed by atoms with Crippen LogP contribution in [0.2, 0.25) is 0 Å². The summed E-state index contributed by atoms with van der Waals surface area (Å²) in [6, 6.07) is 11.3. The molecular weight excluding hydrogens is 530 g/mol. The van der Waals surface area contributed by atoms with E-state index < -0.39 is 10.1 Å². The molecule has 2 aromatic rings. The molecule has 0 bridgehead atoms. The molecule has 2 fully saturated rings. The fraction of sp³-hybridized carbons (Fsp3) is 0.613. The quantitative estimate of drug-likeness (QED) is 0.260. The molecule has 0 aromatic heterocycles. The SMILES string of the molecule is COc1cc2c(cc1OC)[C@H]1C[C@@H](OC3CCCCO3)[C@H](CCCCOS(=O)(=O)c3ccc(C)cc3)CN1CC2. The van der Waals surface area contributed by atoms with Gasteiger partial charge in [-0.15, -0.1) is 0 Å². The third-order valence-corrected chi connectivity index (χ3v) is 9.87. The first kappa shape index (κ1) is 29.3. The maximum Gasteiger partial charge on any atom is 0.296 e. The van der Waals surface area contributed by atoms with Gasteiger partial charge in [-0.2, -0.15) is 8.42 Å². The number of unbranched alkanes of at least 4 members (excludes halogenated alkanes) is 1. The summed E-state index contributed by atoms with van der Waals surface area (Å²) in [5, 5.41) is 0. The predicted molar refractivity (Wildman–Crippen MR) is 152 cm³/mol. The summed E-state index contributed by atoms with van der Waals surface area (Å²) in [5.74, 6) is 1.88. The molecule has 2 aromatic carbocycles. The largest absolute Gasteiger partial charge is 0.493 e. The second-order valence-electron chi connectivity index (χ2n) is 11.2. The Morgan fingerprint density at radius 3 is 2.52 bits per heavy atom. The van der Waals surface area contributed by atoms with Gasteiger partial charge in [-0.25, -0.2) is 0 Å². The van der Waals surface area contributed by atoms with Crippen molar-refractivity contribution in [1.82, 2.24) is 4.90 Å². The van der Waals surface area contributed by atoms with Gasteiger partial charge >= 0.3 is 0 Å². The Kier molecular flexibility index (Phi) is 9.68. The van der Waals surface area contributed by atoms with E-state index in [1.165, 1.54) is 11.1 Å². The number of rotatable bonds is 11. The Balaban J connectivity index is 1.23. The van der Waals surface area contributed by atoms with Crippen LogP contribution in [0, 0.1) is 12.8 Å². The van der Waals surface area contributed by atoms with E-state index >= 15 is 0 Å². The summed E-state index contributed by atoms with van der Waals surface area (Å²) in [7, 11) is -0.370. The van der Waals surface area contributed by atoms with Crippen molar-refractivity contribution >= 4 is 10.1 Å². The highest BCUT2D eigenvalue weighted by Gasteiger charge is 2.41. The van der Waals surface area contributed by atoms with Crippen LogP contribution in [0.25, 0.3) is 0 Å². The van der Waals surface area contributed by atoms with Crippen LogP contribution >= 0.6 is 0 Å². The molecule has 0 amide bonds. The second kappa shape index (κ2) is 13.2. The summed E-state index contributed by atoms with van der Waals surface area (Å²) < 4.78 is 54.3. The minimum Gasteiger partial charge on any atom is -0.493 e. The van der Waals surface area contributed by atoms with Crippen molar-refractivity contribution in [2.45, 2.75) is 81.6 Å². The summed E-state index contributed by atoms with van der Waals surface area (Å²) in [4.78, 5) is 2.79. The molecule has 0 saturated carbocycles. The Bertz CT molecular complexity index is 1230. The molecule has 2 saturated heterocycles. The lowest BCUT2D eigenvalue weighted by Crippen LogP contribution is -2.49. The van der Waals surface area contributed by atoms with E-state index in [0.717, 1.165) is 81.7 Å². The Morgan fingerprint density at radius 1 is 1.02 bits per heavy atom. The van der Waals surface area contributed by atoms with Gasteiger partial charge in [0.2, 0.25) is 0 Å². The zero-order chi connectivity index (χ0) is 28.1. The number of hydrogen-bond acceptors (Lipinski definition) is 8. The van der Waals surface area contributed by atoms with Crippen LogP contribution in [0.1, 0.15) is 67.7 Å². The molecule has 0 aliphatic carbocycles. The van der Waals surface area contributed by atoms with Crippen LogP contribution in [0.4, 0.5) is 0 Å². The van der Waals surface area contributed by atoms with Gasteiger partial charge in [0.25, 0.3) is 10.1 Å². The van der Waals surface area contributed by atoms with E-state index in [2.05, 4.69) is 17.0 Å². The lowest BCUT2D eigenvalue weighted by atomic mass is 9.80.